The van der Waals surface area contributed by atoms with Gasteiger partial charge in [-0.2, -0.15) is 4.31 Å². The summed E-state index contributed by atoms with van der Waals surface area (Å²) in [5.74, 6) is 0. The van der Waals surface area contributed by atoms with Crippen molar-refractivity contribution in [3.8, 4) is 0 Å². The lowest BCUT2D eigenvalue weighted by Crippen LogP contribution is -2.32. The highest BCUT2D eigenvalue weighted by Gasteiger charge is 2.44. The van der Waals surface area contributed by atoms with E-state index in [9.17, 15) is 8.42 Å². The van der Waals surface area contributed by atoms with Crippen LogP contribution in [0.4, 0.5) is 0 Å². The van der Waals surface area contributed by atoms with E-state index in [1.165, 1.54) is 4.31 Å². The molecule has 0 radical (unpaired) electrons. The van der Waals surface area contributed by atoms with E-state index < -0.39 is 10.0 Å². The Balaban J connectivity index is 1.66. The van der Waals surface area contributed by atoms with Crippen LogP contribution in [0.1, 0.15) is 11.7 Å². The van der Waals surface area contributed by atoms with Crippen LogP contribution in [-0.4, -0.2) is 46.9 Å². The largest absolute Gasteiger partial charge is 0.368 e. The van der Waals surface area contributed by atoms with Crippen LogP contribution in [0.5, 0.6) is 0 Å². The fraction of sp³-hybridized carbons (Fsp3) is 0.385. The van der Waals surface area contributed by atoms with Gasteiger partial charge in [0.05, 0.1) is 35.5 Å². The lowest BCUT2D eigenvalue weighted by atomic mass is 10.2. The number of sulfonamides is 1. The van der Waals surface area contributed by atoms with Crippen molar-refractivity contribution in [2.45, 2.75) is 23.6 Å². The Hall–Kier alpha value is -1.77. The molecule has 8 heteroatoms. The molecule has 21 heavy (non-hydrogen) atoms. The molecule has 3 heterocycles. The third-order valence-electron chi connectivity index (χ3n) is 3.99. The Labute approximate surface area is 122 Å². The van der Waals surface area contributed by atoms with Gasteiger partial charge in [-0.3, -0.25) is 0 Å². The predicted octanol–water partition coefficient (Wildman–Crippen LogP) is 0.422. The maximum atomic E-state index is 12.7. The van der Waals surface area contributed by atoms with E-state index in [1.54, 1.807) is 41.2 Å². The van der Waals surface area contributed by atoms with Crippen LogP contribution in [0.3, 0.4) is 0 Å². The first-order valence-electron chi connectivity index (χ1n) is 6.72. The van der Waals surface area contributed by atoms with Crippen molar-refractivity contribution in [2.75, 3.05) is 13.1 Å². The van der Waals surface area contributed by atoms with E-state index >= 15 is 0 Å². The zero-order chi connectivity index (χ0) is 14.4. The minimum atomic E-state index is -3.49. The lowest BCUT2D eigenvalue weighted by molar-refractivity contribution is -0.00389. The van der Waals surface area contributed by atoms with Gasteiger partial charge in [0.15, 0.2) is 0 Å². The third-order valence-corrected chi connectivity index (χ3v) is 5.84. The molecule has 2 aromatic rings. The third kappa shape index (κ3) is 1.98. The van der Waals surface area contributed by atoms with Crippen LogP contribution >= 0.6 is 0 Å². The van der Waals surface area contributed by atoms with Gasteiger partial charge in [-0.1, -0.05) is 23.4 Å². The van der Waals surface area contributed by atoms with Crippen LogP contribution in [0.15, 0.2) is 41.4 Å². The summed E-state index contributed by atoms with van der Waals surface area (Å²) < 4.78 is 34.3. The van der Waals surface area contributed by atoms with Gasteiger partial charge in [0, 0.05) is 13.1 Å². The minimum Gasteiger partial charge on any atom is -0.368 e. The maximum absolute atomic E-state index is 12.7. The van der Waals surface area contributed by atoms with Crippen molar-refractivity contribution in [1.29, 1.82) is 0 Å². The molecule has 1 aromatic carbocycles. The molecular weight excluding hydrogens is 292 g/mol. The molecule has 0 spiro atoms. The summed E-state index contributed by atoms with van der Waals surface area (Å²) >= 11 is 0. The number of hydrogen-bond acceptors (Lipinski definition) is 5. The Bertz CT molecular complexity index is 759. The summed E-state index contributed by atoms with van der Waals surface area (Å²) in [5.41, 5.74) is 0.884. The maximum Gasteiger partial charge on any atom is 0.243 e. The molecule has 1 aromatic heterocycles. The van der Waals surface area contributed by atoms with Crippen LogP contribution in [0.25, 0.3) is 0 Å². The van der Waals surface area contributed by atoms with E-state index in [0.717, 1.165) is 5.69 Å². The molecule has 2 aliphatic rings. The van der Waals surface area contributed by atoms with E-state index in [-0.39, 0.29) is 12.1 Å². The van der Waals surface area contributed by atoms with Gasteiger partial charge in [-0.05, 0) is 12.1 Å². The summed E-state index contributed by atoms with van der Waals surface area (Å²) in [6.45, 7) is 1.13. The number of ether oxygens (including phenoxy) is 1. The van der Waals surface area contributed by atoms with Crippen molar-refractivity contribution in [1.82, 2.24) is 19.3 Å². The topological polar surface area (TPSA) is 77.3 Å². The summed E-state index contributed by atoms with van der Waals surface area (Å²) in [6, 6.07) is 8.37. The fourth-order valence-corrected chi connectivity index (χ4v) is 4.39. The molecule has 110 valence electrons. The van der Waals surface area contributed by atoms with Gasteiger partial charge in [-0.15, -0.1) is 5.10 Å². The van der Waals surface area contributed by atoms with Crippen LogP contribution in [0, 0.1) is 0 Å². The summed E-state index contributed by atoms with van der Waals surface area (Å²) in [7, 11) is -3.49. The molecule has 1 fully saturated rings. The zero-order valence-corrected chi connectivity index (χ0v) is 12.0. The van der Waals surface area contributed by atoms with E-state index in [0.29, 0.717) is 24.6 Å². The van der Waals surface area contributed by atoms with Gasteiger partial charge in [0.25, 0.3) is 0 Å². The number of nitrogens with zero attached hydrogens (tertiary/aromatic N) is 4. The molecule has 0 aliphatic carbocycles. The van der Waals surface area contributed by atoms with Gasteiger partial charge < -0.3 is 4.74 Å². The van der Waals surface area contributed by atoms with Gasteiger partial charge in [0.2, 0.25) is 10.0 Å². The number of aromatic nitrogens is 3. The van der Waals surface area contributed by atoms with Crippen LogP contribution in [-0.2, 0) is 21.4 Å². The predicted molar refractivity (Wildman–Crippen MR) is 72.8 cm³/mol. The molecule has 1 saturated heterocycles. The average Bonchev–Trinajstić information content (AvgIpc) is 3.14. The van der Waals surface area contributed by atoms with Crippen molar-refractivity contribution < 1.29 is 13.2 Å². The van der Waals surface area contributed by atoms with Crippen molar-refractivity contribution in [3.63, 3.8) is 0 Å². The number of benzene rings is 1. The first-order chi connectivity index (χ1) is 10.2. The SMILES string of the molecule is O=S(=O)(c1ccccc1)N1C[C@@H]2[C@@H](C1)OCc1cnnn12. The monoisotopic (exact) mass is 306 g/mol. The summed E-state index contributed by atoms with van der Waals surface area (Å²) in [4.78, 5) is 0.308. The summed E-state index contributed by atoms with van der Waals surface area (Å²) in [5, 5.41) is 7.93. The Kier molecular flexibility index (Phi) is 2.84. The van der Waals surface area contributed by atoms with Crippen LogP contribution in [0.2, 0.25) is 0 Å². The van der Waals surface area contributed by atoms with Crippen molar-refractivity contribution in [3.05, 3.63) is 42.2 Å². The first kappa shape index (κ1) is 12.9. The van der Waals surface area contributed by atoms with Gasteiger partial charge >= 0.3 is 0 Å². The Morgan fingerprint density at radius 2 is 2.00 bits per heavy atom. The second kappa shape index (κ2) is 4.62. The molecule has 2 atom stereocenters. The highest BCUT2D eigenvalue weighted by atomic mass is 32.2. The molecule has 7 nitrogen and oxygen atoms in total. The fourth-order valence-electron chi connectivity index (χ4n) is 2.90. The molecular formula is C13H14N4O3S. The zero-order valence-electron chi connectivity index (χ0n) is 11.2. The highest BCUT2D eigenvalue weighted by Crippen LogP contribution is 2.33. The van der Waals surface area contributed by atoms with E-state index in [2.05, 4.69) is 10.3 Å². The van der Waals surface area contributed by atoms with E-state index in [1.807, 2.05) is 0 Å². The molecule has 0 unspecified atom stereocenters. The lowest BCUT2D eigenvalue weighted by Gasteiger charge is -2.25. The highest BCUT2D eigenvalue weighted by molar-refractivity contribution is 7.89. The normalized spacial score (nSPS) is 25.5. The van der Waals surface area contributed by atoms with Gasteiger partial charge in [0.1, 0.15) is 0 Å². The molecule has 2 aliphatic heterocycles. The minimum absolute atomic E-state index is 0.102. The molecule has 0 N–H and O–H groups in total. The number of fused-ring (bicyclic) bond motifs is 3. The molecule has 0 amide bonds. The molecule has 4 rings (SSSR count). The summed E-state index contributed by atoms with van der Waals surface area (Å²) in [6.07, 6.45) is 1.49. The van der Waals surface area contributed by atoms with Gasteiger partial charge in [-0.25, -0.2) is 13.1 Å². The van der Waals surface area contributed by atoms with Crippen molar-refractivity contribution in [2.24, 2.45) is 0 Å². The standard InChI is InChI=1S/C13H14N4O3S/c18-21(19,11-4-2-1-3-5-11)16-7-12-13(8-16)20-9-10-6-14-15-17(10)12/h1-6,12-13H,7-9H2/t12-,13-/m1/s1. The second-order valence-electron chi connectivity index (χ2n) is 5.22. The van der Waals surface area contributed by atoms with E-state index in [4.69, 9.17) is 4.74 Å². The Morgan fingerprint density at radius 3 is 2.81 bits per heavy atom. The number of hydrogen-bond donors (Lipinski definition) is 0. The second-order valence-corrected chi connectivity index (χ2v) is 7.16. The van der Waals surface area contributed by atoms with Crippen LogP contribution < -0.4 is 0 Å². The molecule has 0 bridgehead atoms. The smallest absolute Gasteiger partial charge is 0.243 e. The number of rotatable bonds is 2. The quantitative estimate of drug-likeness (QED) is 0.804. The first-order valence-corrected chi connectivity index (χ1v) is 8.16. The van der Waals surface area contributed by atoms with Crippen molar-refractivity contribution >= 4 is 10.0 Å². The molecule has 0 saturated carbocycles. The Morgan fingerprint density at radius 1 is 1.19 bits per heavy atom. The average molecular weight is 306 g/mol.